The Morgan fingerprint density at radius 2 is 1.71 bits per heavy atom. The van der Waals surface area contributed by atoms with Crippen molar-refractivity contribution in [2.24, 2.45) is 5.10 Å². The molecule has 0 aromatic heterocycles. The SMILES string of the molecule is C=CCOc1ccc(C(=O)N/N=C/c2cc(Br)c(Oc3ccc(C(F)(F)F)cc3[N+](=O)[O-])c(OCC)c2)cc1OCC. The molecule has 0 heterocycles. The van der Waals surface area contributed by atoms with Crippen LogP contribution in [0.15, 0.2) is 70.8 Å². The van der Waals surface area contributed by atoms with Crippen LogP contribution < -0.4 is 24.4 Å². The topological polar surface area (TPSA) is 122 Å². The van der Waals surface area contributed by atoms with Crippen LogP contribution in [0.25, 0.3) is 0 Å². The highest BCUT2D eigenvalue weighted by atomic mass is 79.9. The number of hydrogen-bond acceptors (Lipinski definition) is 8. The van der Waals surface area contributed by atoms with Crippen LogP contribution >= 0.6 is 15.9 Å². The molecule has 0 bridgehead atoms. The Labute approximate surface area is 247 Å². The monoisotopic (exact) mass is 651 g/mol. The zero-order valence-corrected chi connectivity index (χ0v) is 24.0. The number of benzene rings is 3. The molecule has 0 aliphatic heterocycles. The molecule has 3 rings (SSSR count). The maximum atomic E-state index is 13.1. The number of alkyl halides is 3. The molecule has 0 spiro atoms. The number of halogens is 4. The minimum absolute atomic E-state index is 0.0110. The molecule has 14 heteroatoms. The second kappa shape index (κ2) is 14.3. The molecular weight excluding hydrogens is 627 g/mol. The van der Waals surface area contributed by atoms with Crippen molar-refractivity contribution in [1.29, 1.82) is 0 Å². The Hall–Kier alpha value is -4.59. The summed E-state index contributed by atoms with van der Waals surface area (Å²) in [5.74, 6) is -0.00981. The summed E-state index contributed by atoms with van der Waals surface area (Å²) in [6.45, 7) is 7.87. The number of nitro benzene ring substituents is 1. The fraction of sp³-hybridized carbons (Fsp3) is 0.214. The second-order valence-electron chi connectivity index (χ2n) is 8.20. The molecule has 0 atom stereocenters. The van der Waals surface area contributed by atoms with Gasteiger partial charge in [0.2, 0.25) is 5.75 Å². The summed E-state index contributed by atoms with van der Waals surface area (Å²) in [5, 5.41) is 15.4. The van der Waals surface area contributed by atoms with E-state index in [9.17, 15) is 28.1 Å². The largest absolute Gasteiger partial charge is 0.490 e. The van der Waals surface area contributed by atoms with Crippen molar-refractivity contribution in [3.8, 4) is 28.7 Å². The molecule has 42 heavy (non-hydrogen) atoms. The van der Waals surface area contributed by atoms with E-state index in [-0.39, 0.29) is 34.7 Å². The van der Waals surface area contributed by atoms with Crippen molar-refractivity contribution in [2.75, 3.05) is 19.8 Å². The first-order valence-corrected chi connectivity index (χ1v) is 13.1. The van der Waals surface area contributed by atoms with Crippen molar-refractivity contribution in [3.63, 3.8) is 0 Å². The fourth-order valence-corrected chi connectivity index (χ4v) is 4.01. The number of rotatable bonds is 13. The van der Waals surface area contributed by atoms with Crippen molar-refractivity contribution >= 4 is 33.7 Å². The standard InChI is InChI=1S/C28H25BrF3N3O7/c1-4-11-41-23-9-7-18(14-24(23)39-5-2)27(36)34-33-16-17-12-20(29)26(25(13-17)40-6-3)42-22-10-8-19(28(30,31)32)15-21(22)35(37)38/h4,7-10,12-16H,1,5-6,11H2,2-3H3,(H,34,36)/b33-16+. The second-order valence-corrected chi connectivity index (χ2v) is 9.05. The van der Waals surface area contributed by atoms with E-state index in [0.717, 1.165) is 6.07 Å². The summed E-state index contributed by atoms with van der Waals surface area (Å²) in [7, 11) is 0. The summed E-state index contributed by atoms with van der Waals surface area (Å²) in [5.41, 5.74) is 1.04. The maximum Gasteiger partial charge on any atom is 0.416 e. The highest BCUT2D eigenvalue weighted by Crippen LogP contribution is 2.43. The number of ether oxygens (including phenoxy) is 4. The lowest BCUT2D eigenvalue weighted by Gasteiger charge is -2.15. The van der Waals surface area contributed by atoms with Gasteiger partial charge in [0.05, 0.1) is 34.4 Å². The first kappa shape index (κ1) is 31.9. The molecule has 3 aromatic rings. The Bertz CT molecular complexity index is 1500. The quantitative estimate of drug-likeness (QED) is 0.0891. The number of nitrogens with one attached hydrogen (secondary N) is 1. The number of nitrogens with zero attached hydrogens (tertiary/aromatic N) is 2. The lowest BCUT2D eigenvalue weighted by atomic mass is 10.1. The zero-order chi connectivity index (χ0) is 30.9. The third-order valence-electron chi connectivity index (χ3n) is 5.27. The van der Waals surface area contributed by atoms with Crippen LogP contribution in [0.2, 0.25) is 0 Å². The average Bonchev–Trinajstić information content (AvgIpc) is 2.93. The number of carbonyl (C=O) groups excluding carboxylic acids is 1. The molecule has 3 aromatic carbocycles. The molecule has 0 saturated carbocycles. The predicted octanol–water partition coefficient (Wildman–Crippen LogP) is 7.29. The maximum absolute atomic E-state index is 13.1. The number of nitro groups is 1. The van der Waals surface area contributed by atoms with Crippen molar-refractivity contribution in [3.05, 3.63) is 92.5 Å². The molecule has 0 aliphatic carbocycles. The van der Waals surface area contributed by atoms with Crippen LogP contribution in [-0.4, -0.2) is 36.9 Å². The first-order chi connectivity index (χ1) is 20.0. The lowest BCUT2D eigenvalue weighted by molar-refractivity contribution is -0.385. The normalized spacial score (nSPS) is 11.2. The minimum atomic E-state index is -4.77. The van der Waals surface area contributed by atoms with E-state index >= 15 is 0 Å². The number of amides is 1. The van der Waals surface area contributed by atoms with E-state index in [1.165, 1.54) is 24.4 Å². The van der Waals surface area contributed by atoms with E-state index in [1.807, 2.05) is 0 Å². The van der Waals surface area contributed by atoms with E-state index in [2.05, 4.69) is 33.0 Å². The van der Waals surface area contributed by atoms with Gasteiger partial charge in [-0.05, 0) is 77.8 Å². The van der Waals surface area contributed by atoms with Gasteiger partial charge in [-0.15, -0.1) is 0 Å². The molecule has 0 radical (unpaired) electrons. The van der Waals surface area contributed by atoms with Gasteiger partial charge in [-0.3, -0.25) is 14.9 Å². The molecular formula is C28H25BrF3N3O7. The molecule has 0 fully saturated rings. The van der Waals surface area contributed by atoms with Crippen LogP contribution in [0.3, 0.4) is 0 Å². The van der Waals surface area contributed by atoms with E-state index < -0.39 is 34.0 Å². The van der Waals surface area contributed by atoms with Crippen LogP contribution in [0.4, 0.5) is 18.9 Å². The summed E-state index contributed by atoms with van der Waals surface area (Å²) >= 11 is 3.30. The molecule has 0 saturated heterocycles. The van der Waals surface area contributed by atoms with E-state index in [0.29, 0.717) is 35.8 Å². The lowest BCUT2D eigenvalue weighted by Crippen LogP contribution is -2.17. The fourth-order valence-electron chi connectivity index (χ4n) is 3.47. The van der Waals surface area contributed by atoms with Gasteiger partial charge in [0.1, 0.15) is 6.61 Å². The van der Waals surface area contributed by atoms with Crippen LogP contribution in [0, 0.1) is 10.1 Å². The highest BCUT2D eigenvalue weighted by molar-refractivity contribution is 9.10. The van der Waals surface area contributed by atoms with Gasteiger partial charge in [-0.2, -0.15) is 18.3 Å². The van der Waals surface area contributed by atoms with Gasteiger partial charge in [0.15, 0.2) is 23.0 Å². The van der Waals surface area contributed by atoms with Gasteiger partial charge >= 0.3 is 11.9 Å². The van der Waals surface area contributed by atoms with Gasteiger partial charge in [-0.1, -0.05) is 12.7 Å². The number of carbonyl (C=O) groups is 1. The number of hydrazone groups is 1. The van der Waals surface area contributed by atoms with Gasteiger partial charge in [-0.25, -0.2) is 5.43 Å². The minimum Gasteiger partial charge on any atom is -0.490 e. The zero-order valence-electron chi connectivity index (χ0n) is 22.4. The third-order valence-corrected chi connectivity index (χ3v) is 5.86. The Balaban J connectivity index is 1.83. The van der Waals surface area contributed by atoms with Gasteiger partial charge in [0, 0.05) is 11.6 Å². The Morgan fingerprint density at radius 1 is 1.02 bits per heavy atom. The van der Waals surface area contributed by atoms with Gasteiger partial charge < -0.3 is 18.9 Å². The number of hydrogen-bond donors (Lipinski definition) is 1. The molecule has 1 N–H and O–H groups in total. The van der Waals surface area contributed by atoms with Crippen LogP contribution in [0.5, 0.6) is 28.7 Å². The summed E-state index contributed by atoms with van der Waals surface area (Å²) < 4.78 is 61.8. The van der Waals surface area contributed by atoms with Crippen LogP contribution in [-0.2, 0) is 6.18 Å². The van der Waals surface area contributed by atoms with Crippen LogP contribution in [0.1, 0.15) is 35.3 Å². The van der Waals surface area contributed by atoms with E-state index in [1.54, 1.807) is 32.1 Å². The molecule has 0 unspecified atom stereocenters. The first-order valence-electron chi connectivity index (χ1n) is 12.3. The summed E-state index contributed by atoms with van der Waals surface area (Å²) in [6, 6.07) is 9.59. The summed E-state index contributed by atoms with van der Waals surface area (Å²) in [4.78, 5) is 23.2. The van der Waals surface area contributed by atoms with Gasteiger partial charge in [0.25, 0.3) is 5.91 Å². The Kier molecular flexibility index (Phi) is 10.9. The van der Waals surface area contributed by atoms with E-state index in [4.69, 9.17) is 18.9 Å². The highest BCUT2D eigenvalue weighted by Gasteiger charge is 2.33. The molecule has 222 valence electrons. The third kappa shape index (κ3) is 8.22. The smallest absolute Gasteiger partial charge is 0.416 e. The van der Waals surface area contributed by atoms with Crippen molar-refractivity contribution < 1.29 is 41.8 Å². The Morgan fingerprint density at radius 3 is 2.36 bits per heavy atom. The average molecular weight is 652 g/mol. The molecule has 10 nitrogen and oxygen atoms in total. The summed E-state index contributed by atoms with van der Waals surface area (Å²) in [6.07, 6.45) is -1.87. The molecule has 1 amide bonds. The van der Waals surface area contributed by atoms with Crippen molar-refractivity contribution in [1.82, 2.24) is 5.43 Å². The molecule has 0 aliphatic rings. The predicted molar refractivity (Wildman–Crippen MR) is 152 cm³/mol. The van der Waals surface area contributed by atoms with Crippen molar-refractivity contribution in [2.45, 2.75) is 20.0 Å².